The van der Waals surface area contributed by atoms with Gasteiger partial charge in [0.15, 0.2) is 0 Å². The van der Waals surface area contributed by atoms with E-state index in [0.29, 0.717) is 17.3 Å². The SMILES string of the molecule is CCc1cc(C(=O)N(CC)C(C)C)cc(Cl)n1. The van der Waals surface area contributed by atoms with E-state index in [9.17, 15) is 4.79 Å². The van der Waals surface area contributed by atoms with Gasteiger partial charge in [0.25, 0.3) is 5.91 Å². The Morgan fingerprint density at radius 1 is 1.41 bits per heavy atom. The van der Waals surface area contributed by atoms with E-state index in [1.807, 2.05) is 38.7 Å². The first-order valence-corrected chi connectivity index (χ1v) is 6.34. The molecule has 0 aliphatic heterocycles. The minimum Gasteiger partial charge on any atom is -0.336 e. The number of nitrogens with zero attached hydrogens (tertiary/aromatic N) is 2. The predicted molar refractivity (Wildman–Crippen MR) is 70.5 cm³/mol. The van der Waals surface area contributed by atoms with Gasteiger partial charge in [-0.3, -0.25) is 4.79 Å². The highest BCUT2D eigenvalue weighted by Crippen LogP contribution is 2.14. The molecule has 0 aliphatic rings. The summed E-state index contributed by atoms with van der Waals surface area (Å²) in [6.45, 7) is 8.67. The van der Waals surface area contributed by atoms with E-state index in [4.69, 9.17) is 11.6 Å². The zero-order valence-electron chi connectivity index (χ0n) is 10.8. The number of aromatic nitrogens is 1. The highest BCUT2D eigenvalue weighted by atomic mass is 35.5. The van der Waals surface area contributed by atoms with Crippen LogP contribution in [0.3, 0.4) is 0 Å². The van der Waals surface area contributed by atoms with Crippen molar-refractivity contribution in [3.05, 3.63) is 28.5 Å². The third-order valence-corrected chi connectivity index (χ3v) is 2.87. The molecular weight excluding hydrogens is 236 g/mol. The van der Waals surface area contributed by atoms with Crippen LogP contribution in [0.1, 0.15) is 43.7 Å². The van der Waals surface area contributed by atoms with Crippen LogP contribution in [-0.2, 0) is 6.42 Å². The lowest BCUT2D eigenvalue weighted by molar-refractivity contribution is 0.0716. The fraction of sp³-hybridized carbons (Fsp3) is 0.538. The number of halogens is 1. The van der Waals surface area contributed by atoms with Crippen LogP contribution in [0.5, 0.6) is 0 Å². The van der Waals surface area contributed by atoms with Gasteiger partial charge in [0.2, 0.25) is 0 Å². The zero-order chi connectivity index (χ0) is 13.0. The van der Waals surface area contributed by atoms with Crippen molar-refractivity contribution < 1.29 is 4.79 Å². The number of pyridine rings is 1. The Morgan fingerprint density at radius 2 is 2.06 bits per heavy atom. The van der Waals surface area contributed by atoms with Crippen molar-refractivity contribution in [3.63, 3.8) is 0 Å². The quantitative estimate of drug-likeness (QED) is 0.774. The molecule has 0 fully saturated rings. The van der Waals surface area contributed by atoms with Crippen LogP contribution in [0.25, 0.3) is 0 Å². The highest BCUT2D eigenvalue weighted by molar-refractivity contribution is 6.29. The summed E-state index contributed by atoms with van der Waals surface area (Å²) in [5.41, 5.74) is 1.47. The first-order chi connectivity index (χ1) is 7.99. The number of hydrogen-bond acceptors (Lipinski definition) is 2. The molecule has 0 N–H and O–H groups in total. The second-order valence-electron chi connectivity index (χ2n) is 4.21. The minimum absolute atomic E-state index is 0.0153. The topological polar surface area (TPSA) is 33.2 Å². The van der Waals surface area contributed by atoms with E-state index in [1.54, 1.807) is 6.07 Å². The minimum atomic E-state index is 0.0153. The monoisotopic (exact) mass is 254 g/mol. The zero-order valence-corrected chi connectivity index (χ0v) is 11.6. The summed E-state index contributed by atoms with van der Waals surface area (Å²) < 4.78 is 0. The van der Waals surface area contributed by atoms with E-state index < -0.39 is 0 Å². The highest BCUT2D eigenvalue weighted by Gasteiger charge is 2.18. The number of carbonyl (C=O) groups excluding carboxylic acids is 1. The van der Waals surface area contributed by atoms with Crippen molar-refractivity contribution in [3.8, 4) is 0 Å². The van der Waals surface area contributed by atoms with Gasteiger partial charge in [-0.2, -0.15) is 0 Å². The first-order valence-electron chi connectivity index (χ1n) is 5.97. The van der Waals surface area contributed by atoms with Gasteiger partial charge in [0.1, 0.15) is 5.15 Å². The Labute approximate surface area is 108 Å². The summed E-state index contributed by atoms with van der Waals surface area (Å²) in [5.74, 6) is 0.0153. The van der Waals surface area contributed by atoms with Gasteiger partial charge in [0, 0.05) is 23.8 Å². The van der Waals surface area contributed by atoms with Gasteiger partial charge in [-0.15, -0.1) is 0 Å². The number of rotatable bonds is 4. The molecule has 0 saturated carbocycles. The second kappa shape index (κ2) is 6.01. The van der Waals surface area contributed by atoms with Crippen LogP contribution in [0, 0.1) is 0 Å². The van der Waals surface area contributed by atoms with Crippen LogP contribution < -0.4 is 0 Å². The van der Waals surface area contributed by atoms with Crippen LogP contribution >= 0.6 is 11.6 Å². The molecule has 0 bridgehead atoms. The largest absolute Gasteiger partial charge is 0.336 e. The molecule has 1 amide bonds. The summed E-state index contributed by atoms with van der Waals surface area (Å²) in [6.07, 6.45) is 0.772. The normalized spacial score (nSPS) is 10.7. The molecule has 17 heavy (non-hydrogen) atoms. The smallest absolute Gasteiger partial charge is 0.254 e. The molecule has 0 saturated heterocycles. The first kappa shape index (κ1) is 14.0. The fourth-order valence-electron chi connectivity index (χ4n) is 1.76. The number of carbonyl (C=O) groups is 1. The van der Waals surface area contributed by atoms with Crippen LogP contribution in [0.15, 0.2) is 12.1 Å². The average Bonchev–Trinajstić information content (AvgIpc) is 2.28. The van der Waals surface area contributed by atoms with Crippen molar-refractivity contribution >= 4 is 17.5 Å². The van der Waals surface area contributed by atoms with Crippen molar-refractivity contribution in [2.24, 2.45) is 0 Å². The molecule has 0 aromatic carbocycles. The van der Waals surface area contributed by atoms with Crippen molar-refractivity contribution in [1.29, 1.82) is 0 Å². The Bertz CT molecular complexity index is 404. The molecule has 0 aliphatic carbocycles. The van der Waals surface area contributed by atoms with Gasteiger partial charge in [0.05, 0.1) is 0 Å². The number of amides is 1. The molecule has 4 heteroatoms. The van der Waals surface area contributed by atoms with Crippen molar-refractivity contribution in [2.45, 2.75) is 40.2 Å². The number of hydrogen-bond donors (Lipinski definition) is 0. The van der Waals surface area contributed by atoms with Crippen molar-refractivity contribution in [2.75, 3.05) is 6.54 Å². The Balaban J connectivity index is 3.06. The Hall–Kier alpha value is -1.09. The van der Waals surface area contributed by atoms with Gasteiger partial charge in [-0.05, 0) is 39.3 Å². The average molecular weight is 255 g/mol. The Morgan fingerprint density at radius 3 is 2.53 bits per heavy atom. The lowest BCUT2D eigenvalue weighted by Crippen LogP contribution is -2.36. The molecule has 1 heterocycles. The van der Waals surface area contributed by atoms with Gasteiger partial charge in [-0.25, -0.2) is 4.98 Å². The van der Waals surface area contributed by atoms with Crippen LogP contribution in [0.2, 0.25) is 5.15 Å². The van der Waals surface area contributed by atoms with E-state index in [-0.39, 0.29) is 11.9 Å². The van der Waals surface area contributed by atoms with Crippen LogP contribution in [0.4, 0.5) is 0 Å². The maximum absolute atomic E-state index is 12.3. The third kappa shape index (κ3) is 3.43. The van der Waals surface area contributed by atoms with Gasteiger partial charge >= 0.3 is 0 Å². The summed E-state index contributed by atoms with van der Waals surface area (Å²) in [7, 11) is 0. The van der Waals surface area contributed by atoms with Crippen LogP contribution in [-0.4, -0.2) is 28.4 Å². The summed E-state index contributed by atoms with van der Waals surface area (Å²) >= 11 is 5.92. The predicted octanol–water partition coefficient (Wildman–Crippen LogP) is 3.17. The summed E-state index contributed by atoms with van der Waals surface area (Å²) in [6, 6.07) is 3.64. The molecule has 0 atom stereocenters. The standard InChI is InChI=1S/C13H19ClN2O/c1-5-11-7-10(8-12(14)15-11)13(17)16(6-2)9(3)4/h7-9H,5-6H2,1-4H3. The molecule has 94 valence electrons. The molecule has 0 unspecified atom stereocenters. The third-order valence-electron chi connectivity index (χ3n) is 2.68. The molecule has 0 radical (unpaired) electrons. The summed E-state index contributed by atoms with van der Waals surface area (Å²) in [5, 5.41) is 0.382. The second-order valence-corrected chi connectivity index (χ2v) is 4.60. The fourth-order valence-corrected chi connectivity index (χ4v) is 1.99. The maximum atomic E-state index is 12.3. The van der Waals surface area contributed by atoms with E-state index in [1.165, 1.54) is 0 Å². The van der Waals surface area contributed by atoms with E-state index in [0.717, 1.165) is 12.1 Å². The molecular formula is C13H19ClN2O. The maximum Gasteiger partial charge on any atom is 0.254 e. The molecule has 3 nitrogen and oxygen atoms in total. The molecule has 1 aromatic rings. The molecule has 1 aromatic heterocycles. The van der Waals surface area contributed by atoms with E-state index >= 15 is 0 Å². The summed E-state index contributed by atoms with van der Waals surface area (Å²) in [4.78, 5) is 18.2. The molecule has 0 spiro atoms. The number of aryl methyl sites for hydroxylation is 1. The van der Waals surface area contributed by atoms with Gasteiger partial charge in [-0.1, -0.05) is 18.5 Å². The van der Waals surface area contributed by atoms with Crippen molar-refractivity contribution in [1.82, 2.24) is 9.88 Å². The molecule has 1 rings (SSSR count). The lowest BCUT2D eigenvalue weighted by Gasteiger charge is -2.25. The van der Waals surface area contributed by atoms with Gasteiger partial charge < -0.3 is 4.90 Å². The lowest BCUT2D eigenvalue weighted by atomic mass is 10.1. The van der Waals surface area contributed by atoms with E-state index in [2.05, 4.69) is 4.98 Å². The Kier molecular flexibility index (Phi) is 4.94.